The molecule has 100 valence electrons. The highest BCUT2D eigenvalue weighted by atomic mass is 16.5. The minimum atomic E-state index is 0.247. The van der Waals surface area contributed by atoms with Crippen LogP contribution in [0.5, 0.6) is 0 Å². The molecule has 2 aromatic rings. The van der Waals surface area contributed by atoms with Gasteiger partial charge in [0.05, 0.1) is 17.9 Å². The first-order chi connectivity index (χ1) is 9.38. The zero-order valence-corrected chi connectivity index (χ0v) is 10.9. The lowest BCUT2D eigenvalue weighted by Crippen LogP contribution is -2.00. The van der Waals surface area contributed by atoms with Gasteiger partial charge in [-0.05, 0) is 12.8 Å². The summed E-state index contributed by atoms with van der Waals surface area (Å²) in [4.78, 5) is 12.8. The molecule has 0 radical (unpaired) electrons. The van der Waals surface area contributed by atoms with E-state index in [0.29, 0.717) is 12.5 Å². The molecule has 0 aromatic carbocycles. The first kappa shape index (κ1) is 12.2. The second kappa shape index (κ2) is 5.44. The average Bonchev–Trinajstić information content (AvgIpc) is 3.11. The molecule has 1 aliphatic rings. The van der Waals surface area contributed by atoms with Crippen molar-refractivity contribution in [2.45, 2.75) is 32.1 Å². The number of hydrogen-bond acceptors (Lipinski definition) is 6. The van der Waals surface area contributed by atoms with E-state index in [0.717, 1.165) is 43.0 Å². The van der Waals surface area contributed by atoms with Gasteiger partial charge in [-0.2, -0.15) is 4.98 Å². The Morgan fingerprint density at radius 1 is 1.42 bits per heavy atom. The highest BCUT2D eigenvalue weighted by Gasteiger charge is 2.24. The molecule has 1 atom stereocenters. The molecule has 0 N–H and O–H groups in total. The van der Waals surface area contributed by atoms with Crippen molar-refractivity contribution in [3.05, 3.63) is 24.0 Å². The Morgan fingerprint density at radius 3 is 3.16 bits per heavy atom. The van der Waals surface area contributed by atoms with Crippen LogP contribution in [-0.4, -0.2) is 33.3 Å². The fourth-order valence-electron chi connectivity index (χ4n) is 2.22. The number of aryl methyl sites for hydroxylation is 1. The van der Waals surface area contributed by atoms with E-state index in [1.165, 1.54) is 0 Å². The topological polar surface area (TPSA) is 73.9 Å². The summed E-state index contributed by atoms with van der Waals surface area (Å²) in [5, 5.41) is 4.05. The number of nitrogens with zero attached hydrogens (tertiary/aromatic N) is 4. The van der Waals surface area contributed by atoms with Crippen molar-refractivity contribution in [3.63, 3.8) is 0 Å². The summed E-state index contributed by atoms with van der Waals surface area (Å²) in [5.41, 5.74) is 1.79. The van der Waals surface area contributed by atoms with E-state index in [1.54, 1.807) is 12.5 Å². The second-order valence-electron chi connectivity index (χ2n) is 4.65. The van der Waals surface area contributed by atoms with Crippen LogP contribution in [0.2, 0.25) is 0 Å². The maximum absolute atomic E-state index is 5.35. The van der Waals surface area contributed by atoms with E-state index in [4.69, 9.17) is 9.26 Å². The van der Waals surface area contributed by atoms with Crippen LogP contribution in [0.1, 0.15) is 37.2 Å². The molecule has 3 heterocycles. The van der Waals surface area contributed by atoms with Crippen LogP contribution < -0.4 is 0 Å². The SMILES string of the molecule is CCCc1ncncc1-c1nc([C@@H]2CCOC2)no1. The predicted octanol–water partition coefficient (Wildman–Crippen LogP) is 1.98. The van der Waals surface area contributed by atoms with Gasteiger partial charge in [-0.1, -0.05) is 18.5 Å². The van der Waals surface area contributed by atoms with Crippen molar-refractivity contribution in [2.75, 3.05) is 13.2 Å². The number of ether oxygens (including phenoxy) is 1. The number of rotatable bonds is 4. The second-order valence-corrected chi connectivity index (χ2v) is 4.65. The molecule has 6 nitrogen and oxygen atoms in total. The van der Waals surface area contributed by atoms with Gasteiger partial charge in [0.25, 0.3) is 5.89 Å². The summed E-state index contributed by atoms with van der Waals surface area (Å²) in [6, 6.07) is 0. The molecule has 19 heavy (non-hydrogen) atoms. The van der Waals surface area contributed by atoms with Crippen LogP contribution in [0.4, 0.5) is 0 Å². The van der Waals surface area contributed by atoms with E-state index in [-0.39, 0.29) is 5.92 Å². The highest BCUT2D eigenvalue weighted by Crippen LogP contribution is 2.26. The van der Waals surface area contributed by atoms with Crippen molar-refractivity contribution < 1.29 is 9.26 Å². The largest absolute Gasteiger partial charge is 0.381 e. The maximum Gasteiger partial charge on any atom is 0.261 e. The van der Waals surface area contributed by atoms with Crippen molar-refractivity contribution in [3.8, 4) is 11.5 Å². The molecule has 0 unspecified atom stereocenters. The Hall–Kier alpha value is -1.82. The summed E-state index contributed by atoms with van der Waals surface area (Å²) in [6.45, 7) is 3.55. The Labute approximate surface area is 111 Å². The lowest BCUT2D eigenvalue weighted by Gasteiger charge is -2.01. The maximum atomic E-state index is 5.35. The van der Waals surface area contributed by atoms with Crippen LogP contribution in [-0.2, 0) is 11.2 Å². The highest BCUT2D eigenvalue weighted by molar-refractivity contribution is 5.54. The number of aromatic nitrogens is 4. The molecule has 0 saturated carbocycles. The molecule has 3 rings (SSSR count). The van der Waals surface area contributed by atoms with Gasteiger partial charge >= 0.3 is 0 Å². The molecule has 1 fully saturated rings. The normalized spacial score (nSPS) is 18.9. The summed E-state index contributed by atoms with van der Waals surface area (Å²) >= 11 is 0. The third kappa shape index (κ3) is 2.49. The Balaban J connectivity index is 1.89. The zero-order chi connectivity index (χ0) is 13.1. The van der Waals surface area contributed by atoms with Crippen LogP contribution >= 0.6 is 0 Å². The minimum Gasteiger partial charge on any atom is -0.381 e. The Morgan fingerprint density at radius 2 is 2.37 bits per heavy atom. The van der Waals surface area contributed by atoms with Crippen LogP contribution in [0.15, 0.2) is 17.0 Å². The number of hydrogen-bond donors (Lipinski definition) is 0. The van der Waals surface area contributed by atoms with E-state index >= 15 is 0 Å². The fraction of sp³-hybridized carbons (Fsp3) is 0.538. The van der Waals surface area contributed by atoms with Gasteiger partial charge < -0.3 is 9.26 Å². The lowest BCUT2D eigenvalue weighted by molar-refractivity contribution is 0.192. The van der Waals surface area contributed by atoms with Crippen LogP contribution in [0.3, 0.4) is 0 Å². The van der Waals surface area contributed by atoms with Crippen LogP contribution in [0, 0.1) is 0 Å². The van der Waals surface area contributed by atoms with Gasteiger partial charge in [-0.25, -0.2) is 9.97 Å². The molecule has 6 heteroatoms. The quantitative estimate of drug-likeness (QED) is 0.836. The minimum absolute atomic E-state index is 0.247. The molecule has 1 saturated heterocycles. The van der Waals surface area contributed by atoms with Gasteiger partial charge in [0.1, 0.15) is 6.33 Å². The van der Waals surface area contributed by atoms with Crippen molar-refractivity contribution in [2.24, 2.45) is 0 Å². The summed E-state index contributed by atoms with van der Waals surface area (Å²) < 4.78 is 10.7. The molecule has 0 aliphatic carbocycles. The monoisotopic (exact) mass is 260 g/mol. The van der Waals surface area contributed by atoms with E-state index in [9.17, 15) is 0 Å². The first-order valence-electron chi connectivity index (χ1n) is 6.59. The standard InChI is InChI=1S/C13H16N4O2/c1-2-3-11-10(6-14-8-15-11)13-16-12(17-19-13)9-4-5-18-7-9/h6,8-9H,2-5,7H2,1H3/t9-/m1/s1. The Bertz CT molecular complexity index is 549. The molecular formula is C13H16N4O2. The molecule has 1 aliphatic heterocycles. The Kier molecular flexibility index (Phi) is 3.50. The molecular weight excluding hydrogens is 244 g/mol. The first-order valence-corrected chi connectivity index (χ1v) is 6.59. The van der Waals surface area contributed by atoms with Gasteiger partial charge in [-0.3, -0.25) is 0 Å². The summed E-state index contributed by atoms with van der Waals surface area (Å²) in [5.74, 6) is 1.47. The van der Waals surface area contributed by atoms with E-state index < -0.39 is 0 Å². The molecule has 0 bridgehead atoms. The lowest BCUT2D eigenvalue weighted by atomic mass is 10.1. The van der Waals surface area contributed by atoms with Gasteiger partial charge in [0.15, 0.2) is 5.82 Å². The van der Waals surface area contributed by atoms with Crippen molar-refractivity contribution in [1.29, 1.82) is 0 Å². The average molecular weight is 260 g/mol. The van der Waals surface area contributed by atoms with E-state index in [1.807, 2.05) is 0 Å². The van der Waals surface area contributed by atoms with Crippen molar-refractivity contribution in [1.82, 2.24) is 20.1 Å². The zero-order valence-electron chi connectivity index (χ0n) is 10.9. The van der Waals surface area contributed by atoms with Gasteiger partial charge in [0.2, 0.25) is 0 Å². The predicted molar refractivity (Wildman–Crippen MR) is 67.5 cm³/mol. The van der Waals surface area contributed by atoms with Crippen LogP contribution in [0.25, 0.3) is 11.5 Å². The summed E-state index contributed by atoms with van der Waals surface area (Å²) in [7, 11) is 0. The molecule has 0 amide bonds. The van der Waals surface area contributed by atoms with E-state index in [2.05, 4.69) is 27.0 Å². The third-order valence-corrected chi connectivity index (χ3v) is 3.25. The van der Waals surface area contributed by atoms with Gasteiger partial charge in [-0.15, -0.1) is 0 Å². The van der Waals surface area contributed by atoms with Crippen molar-refractivity contribution >= 4 is 0 Å². The third-order valence-electron chi connectivity index (χ3n) is 3.25. The smallest absolute Gasteiger partial charge is 0.261 e. The molecule has 2 aromatic heterocycles. The fourth-order valence-corrected chi connectivity index (χ4v) is 2.22. The summed E-state index contributed by atoms with van der Waals surface area (Å²) in [6.07, 6.45) is 6.13. The molecule has 0 spiro atoms. The van der Waals surface area contributed by atoms with Gasteiger partial charge in [0, 0.05) is 18.7 Å².